The molecule has 8 heteroatoms. The average Bonchev–Trinajstić information content (AvgIpc) is 2.93. The summed E-state index contributed by atoms with van der Waals surface area (Å²) >= 11 is 0. The van der Waals surface area contributed by atoms with Gasteiger partial charge >= 0.3 is 0 Å². The molecular formula is C17H24N6O2. The van der Waals surface area contributed by atoms with Gasteiger partial charge in [0.25, 0.3) is 5.91 Å². The molecule has 1 saturated heterocycles. The number of nitrogens with one attached hydrogen (secondary N) is 1. The Morgan fingerprint density at radius 1 is 1.20 bits per heavy atom. The molecule has 1 aliphatic heterocycles. The lowest BCUT2D eigenvalue weighted by Crippen LogP contribution is -2.49. The summed E-state index contributed by atoms with van der Waals surface area (Å²) in [6, 6.07) is 1.96. The highest BCUT2D eigenvalue weighted by molar-refractivity contribution is 5.96. The highest BCUT2D eigenvalue weighted by Crippen LogP contribution is 2.20. The molecule has 0 radical (unpaired) electrons. The lowest BCUT2D eigenvalue weighted by Gasteiger charge is -2.35. The standard InChI is InChI=1S/C17H24N6O2/c1-5-18-14-10-15(20-13(4)19-14)22-6-8-23(9-7-22)17(24)16-11(2)21-25-12(16)3/h10H,5-9H2,1-4H3,(H,18,19,20). The van der Waals surface area contributed by atoms with Crippen molar-refractivity contribution >= 4 is 17.5 Å². The van der Waals surface area contributed by atoms with Gasteiger partial charge in [-0.1, -0.05) is 5.16 Å². The first kappa shape index (κ1) is 17.2. The van der Waals surface area contributed by atoms with Gasteiger partial charge in [-0.05, 0) is 27.7 Å². The van der Waals surface area contributed by atoms with Crippen molar-refractivity contribution in [1.82, 2.24) is 20.0 Å². The van der Waals surface area contributed by atoms with Gasteiger partial charge in [0.15, 0.2) is 0 Å². The van der Waals surface area contributed by atoms with Crippen molar-refractivity contribution in [3.8, 4) is 0 Å². The van der Waals surface area contributed by atoms with Gasteiger partial charge in [0.1, 0.15) is 28.8 Å². The Bertz CT molecular complexity index is 745. The molecular weight excluding hydrogens is 320 g/mol. The molecule has 0 spiro atoms. The number of amides is 1. The molecule has 1 aliphatic rings. The molecule has 134 valence electrons. The van der Waals surface area contributed by atoms with Crippen molar-refractivity contribution in [3.63, 3.8) is 0 Å². The van der Waals surface area contributed by atoms with Crippen molar-refractivity contribution in [2.45, 2.75) is 27.7 Å². The Balaban J connectivity index is 1.69. The predicted octanol–water partition coefficient (Wildman–Crippen LogP) is 1.78. The third kappa shape index (κ3) is 3.57. The SMILES string of the molecule is CCNc1cc(N2CCN(C(=O)c3c(C)noc3C)CC2)nc(C)n1. The first-order chi connectivity index (χ1) is 12.0. The van der Waals surface area contributed by atoms with E-state index < -0.39 is 0 Å². The van der Waals surface area contributed by atoms with Gasteiger partial charge in [-0.3, -0.25) is 4.79 Å². The van der Waals surface area contributed by atoms with E-state index in [1.54, 1.807) is 13.8 Å². The van der Waals surface area contributed by atoms with Gasteiger partial charge in [-0.2, -0.15) is 0 Å². The normalized spacial score (nSPS) is 14.7. The van der Waals surface area contributed by atoms with Gasteiger partial charge < -0.3 is 19.6 Å². The van der Waals surface area contributed by atoms with Crippen LogP contribution in [0.15, 0.2) is 10.6 Å². The Kier molecular flexibility index (Phi) is 4.87. The maximum Gasteiger partial charge on any atom is 0.259 e. The predicted molar refractivity (Wildman–Crippen MR) is 95.0 cm³/mol. The number of nitrogens with zero attached hydrogens (tertiary/aromatic N) is 5. The van der Waals surface area contributed by atoms with Crippen LogP contribution in [0.2, 0.25) is 0 Å². The number of hydrogen-bond acceptors (Lipinski definition) is 7. The lowest BCUT2D eigenvalue weighted by molar-refractivity contribution is 0.0744. The molecule has 2 aromatic heterocycles. The van der Waals surface area contributed by atoms with Crippen molar-refractivity contribution in [2.75, 3.05) is 42.9 Å². The van der Waals surface area contributed by atoms with E-state index in [1.165, 1.54) is 0 Å². The van der Waals surface area contributed by atoms with Crippen molar-refractivity contribution < 1.29 is 9.32 Å². The number of aromatic nitrogens is 3. The largest absolute Gasteiger partial charge is 0.370 e. The molecule has 1 amide bonds. The van der Waals surface area contributed by atoms with E-state index in [2.05, 4.69) is 25.3 Å². The van der Waals surface area contributed by atoms with Crippen LogP contribution in [-0.4, -0.2) is 58.7 Å². The third-order valence-electron chi connectivity index (χ3n) is 4.32. The summed E-state index contributed by atoms with van der Waals surface area (Å²) in [5.74, 6) is 3.03. The Hall–Kier alpha value is -2.64. The van der Waals surface area contributed by atoms with Crippen LogP contribution in [0.25, 0.3) is 0 Å². The van der Waals surface area contributed by atoms with Crippen LogP contribution in [0, 0.1) is 20.8 Å². The fourth-order valence-corrected chi connectivity index (χ4v) is 3.07. The molecule has 3 heterocycles. The van der Waals surface area contributed by atoms with E-state index in [4.69, 9.17) is 4.52 Å². The van der Waals surface area contributed by atoms with Gasteiger partial charge in [0, 0.05) is 38.8 Å². The molecule has 2 aromatic rings. The molecule has 0 bridgehead atoms. The van der Waals surface area contributed by atoms with E-state index in [1.807, 2.05) is 24.8 Å². The van der Waals surface area contributed by atoms with E-state index in [-0.39, 0.29) is 5.91 Å². The molecule has 0 saturated carbocycles. The highest BCUT2D eigenvalue weighted by atomic mass is 16.5. The number of carbonyl (C=O) groups excluding carboxylic acids is 1. The summed E-state index contributed by atoms with van der Waals surface area (Å²) in [7, 11) is 0. The zero-order chi connectivity index (χ0) is 18.0. The first-order valence-electron chi connectivity index (χ1n) is 8.56. The summed E-state index contributed by atoms with van der Waals surface area (Å²) in [5.41, 5.74) is 1.23. The second-order valence-electron chi connectivity index (χ2n) is 6.17. The molecule has 0 unspecified atom stereocenters. The zero-order valence-electron chi connectivity index (χ0n) is 15.2. The van der Waals surface area contributed by atoms with Gasteiger partial charge in [0.05, 0.1) is 5.69 Å². The number of anilines is 2. The number of piperazine rings is 1. The summed E-state index contributed by atoms with van der Waals surface area (Å²) in [6.07, 6.45) is 0. The van der Waals surface area contributed by atoms with Crippen LogP contribution >= 0.6 is 0 Å². The number of hydrogen-bond donors (Lipinski definition) is 1. The van der Waals surface area contributed by atoms with Crippen LogP contribution in [0.3, 0.4) is 0 Å². The van der Waals surface area contributed by atoms with Crippen molar-refractivity contribution in [1.29, 1.82) is 0 Å². The quantitative estimate of drug-likeness (QED) is 0.904. The molecule has 8 nitrogen and oxygen atoms in total. The van der Waals surface area contributed by atoms with Crippen molar-refractivity contribution in [2.24, 2.45) is 0 Å². The summed E-state index contributed by atoms with van der Waals surface area (Å²) in [5, 5.41) is 7.10. The monoisotopic (exact) mass is 344 g/mol. The number of carbonyl (C=O) groups is 1. The first-order valence-corrected chi connectivity index (χ1v) is 8.56. The highest BCUT2D eigenvalue weighted by Gasteiger charge is 2.27. The fourth-order valence-electron chi connectivity index (χ4n) is 3.07. The minimum absolute atomic E-state index is 0.0110. The molecule has 1 N–H and O–H groups in total. The maximum absolute atomic E-state index is 12.7. The maximum atomic E-state index is 12.7. The molecule has 0 atom stereocenters. The molecule has 0 aromatic carbocycles. The fraction of sp³-hybridized carbons (Fsp3) is 0.529. The van der Waals surface area contributed by atoms with Crippen LogP contribution in [0.1, 0.15) is 34.6 Å². The van der Waals surface area contributed by atoms with Gasteiger partial charge in [-0.15, -0.1) is 0 Å². The number of aryl methyl sites for hydroxylation is 3. The summed E-state index contributed by atoms with van der Waals surface area (Å²) < 4.78 is 5.12. The van der Waals surface area contributed by atoms with Gasteiger partial charge in [-0.25, -0.2) is 9.97 Å². The Morgan fingerprint density at radius 2 is 1.92 bits per heavy atom. The molecule has 0 aliphatic carbocycles. The molecule has 25 heavy (non-hydrogen) atoms. The average molecular weight is 344 g/mol. The minimum atomic E-state index is -0.0110. The molecule has 3 rings (SSSR count). The zero-order valence-corrected chi connectivity index (χ0v) is 15.2. The van der Waals surface area contributed by atoms with Gasteiger partial charge in [0.2, 0.25) is 0 Å². The topological polar surface area (TPSA) is 87.4 Å². The van der Waals surface area contributed by atoms with Crippen molar-refractivity contribution in [3.05, 3.63) is 28.9 Å². The van der Waals surface area contributed by atoms with E-state index >= 15 is 0 Å². The van der Waals surface area contributed by atoms with Crippen LogP contribution in [0.5, 0.6) is 0 Å². The summed E-state index contributed by atoms with van der Waals surface area (Å²) in [6.45, 7) is 11.1. The van der Waals surface area contributed by atoms with E-state index in [9.17, 15) is 4.79 Å². The van der Waals surface area contributed by atoms with E-state index in [0.29, 0.717) is 30.1 Å². The Labute approximate surface area is 147 Å². The van der Waals surface area contributed by atoms with Crippen LogP contribution < -0.4 is 10.2 Å². The molecule has 1 fully saturated rings. The van der Waals surface area contributed by atoms with Crippen LogP contribution in [0.4, 0.5) is 11.6 Å². The summed E-state index contributed by atoms with van der Waals surface area (Å²) in [4.78, 5) is 25.7. The second kappa shape index (κ2) is 7.08. The third-order valence-corrected chi connectivity index (χ3v) is 4.32. The lowest BCUT2D eigenvalue weighted by atomic mass is 10.1. The smallest absolute Gasteiger partial charge is 0.259 e. The minimum Gasteiger partial charge on any atom is -0.370 e. The van der Waals surface area contributed by atoms with Crippen LogP contribution in [-0.2, 0) is 0 Å². The van der Waals surface area contributed by atoms with E-state index in [0.717, 1.165) is 37.1 Å². The Morgan fingerprint density at radius 3 is 2.52 bits per heavy atom. The number of rotatable bonds is 4. The second-order valence-corrected chi connectivity index (χ2v) is 6.17.